The number of nitrogens with two attached hydrogens (primary N) is 1. The number of pyridine rings is 1. The molecule has 0 aliphatic heterocycles. The first-order valence-corrected chi connectivity index (χ1v) is 6.17. The maximum absolute atomic E-state index is 6.16. The zero-order chi connectivity index (χ0) is 13.8. The molecule has 2 N–H and O–H groups in total. The zero-order valence-electron chi connectivity index (χ0n) is 11.3. The highest BCUT2D eigenvalue weighted by Gasteiger charge is 2.14. The van der Waals surface area contributed by atoms with Gasteiger partial charge in [-0.1, -0.05) is 13.0 Å². The van der Waals surface area contributed by atoms with Crippen molar-refractivity contribution in [3.05, 3.63) is 36.8 Å². The first-order valence-electron chi connectivity index (χ1n) is 6.17. The molecule has 5 nitrogen and oxygen atoms in total. The first-order chi connectivity index (χ1) is 9.21. The summed E-state index contributed by atoms with van der Waals surface area (Å²) >= 11 is 0. The van der Waals surface area contributed by atoms with Crippen LogP contribution < -0.4 is 10.5 Å². The Hall–Kier alpha value is -2.30. The summed E-state index contributed by atoms with van der Waals surface area (Å²) < 4.78 is 7.01. The monoisotopic (exact) mass is 258 g/mol. The second-order valence-electron chi connectivity index (χ2n) is 4.10. The molecule has 0 aromatic carbocycles. The first kappa shape index (κ1) is 13.1. The fourth-order valence-corrected chi connectivity index (χ4v) is 1.97. The number of allylic oxidation sites excluding steroid dienone is 1. The van der Waals surface area contributed by atoms with Gasteiger partial charge in [0.2, 0.25) is 5.88 Å². The van der Waals surface area contributed by atoms with Crippen LogP contribution in [0.1, 0.15) is 12.7 Å². The lowest BCUT2D eigenvalue weighted by atomic mass is 10.2. The van der Waals surface area contributed by atoms with Crippen molar-refractivity contribution >= 4 is 5.82 Å². The topological polar surface area (TPSA) is 66.0 Å². The average molecular weight is 258 g/mol. The number of aryl methyl sites for hydroxylation is 1. The highest BCUT2D eigenvalue weighted by molar-refractivity contribution is 5.70. The van der Waals surface area contributed by atoms with Gasteiger partial charge in [0.1, 0.15) is 17.3 Å². The van der Waals surface area contributed by atoms with Crippen LogP contribution in [0.15, 0.2) is 31.0 Å². The number of hydrogen-bond acceptors (Lipinski definition) is 4. The zero-order valence-corrected chi connectivity index (χ0v) is 11.3. The summed E-state index contributed by atoms with van der Waals surface area (Å²) in [6.07, 6.45) is 4.35. The number of aromatic nitrogens is 3. The molecule has 0 unspecified atom stereocenters. The second-order valence-corrected chi connectivity index (χ2v) is 4.10. The minimum Gasteiger partial charge on any atom is -0.481 e. The van der Waals surface area contributed by atoms with E-state index in [9.17, 15) is 0 Å². The van der Waals surface area contributed by atoms with Crippen LogP contribution in [0, 0.1) is 0 Å². The third kappa shape index (κ3) is 2.45. The van der Waals surface area contributed by atoms with E-state index in [-0.39, 0.29) is 0 Å². The van der Waals surface area contributed by atoms with Gasteiger partial charge in [0.25, 0.3) is 0 Å². The Bertz CT molecular complexity index is 572. The maximum Gasteiger partial charge on any atom is 0.212 e. The molecule has 100 valence electrons. The van der Waals surface area contributed by atoms with E-state index in [4.69, 9.17) is 10.5 Å². The number of methoxy groups -OCH3 is 1. The van der Waals surface area contributed by atoms with Crippen molar-refractivity contribution in [2.75, 3.05) is 12.8 Å². The van der Waals surface area contributed by atoms with Gasteiger partial charge in [-0.25, -0.2) is 9.97 Å². The van der Waals surface area contributed by atoms with E-state index in [2.05, 4.69) is 23.5 Å². The molecule has 2 heterocycles. The van der Waals surface area contributed by atoms with Crippen molar-refractivity contribution in [3.8, 4) is 17.1 Å². The second kappa shape index (κ2) is 5.56. The molecular weight excluding hydrogens is 240 g/mol. The molecule has 0 amide bonds. The number of ether oxygens (including phenoxy) is 1. The molecule has 0 saturated carbocycles. The van der Waals surface area contributed by atoms with Gasteiger partial charge < -0.3 is 15.0 Å². The predicted molar refractivity (Wildman–Crippen MR) is 76.0 cm³/mol. The summed E-state index contributed by atoms with van der Waals surface area (Å²) in [6.45, 7) is 6.46. The van der Waals surface area contributed by atoms with Gasteiger partial charge in [-0.05, 0) is 6.07 Å². The van der Waals surface area contributed by atoms with Gasteiger partial charge in [-0.2, -0.15) is 0 Å². The molecule has 0 bridgehead atoms. The van der Waals surface area contributed by atoms with Gasteiger partial charge in [-0.3, -0.25) is 0 Å². The summed E-state index contributed by atoms with van der Waals surface area (Å²) in [7, 11) is 1.59. The summed E-state index contributed by atoms with van der Waals surface area (Å²) in [4.78, 5) is 8.76. The molecule has 2 aromatic heterocycles. The normalized spacial score (nSPS) is 10.4. The summed E-state index contributed by atoms with van der Waals surface area (Å²) in [5.74, 6) is 2.16. The van der Waals surface area contributed by atoms with E-state index in [0.29, 0.717) is 18.2 Å². The number of hydrogen-bond donors (Lipinski definition) is 1. The lowest BCUT2D eigenvalue weighted by Crippen LogP contribution is -2.05. The third-order valence-electron chi connectivity index (χ3n) is 2.93. The molecule has 5 heteroatoms. The van der Waals surface area contributed by atoms with Crippen molar-refractivity contribution in [3.63, 3.8) is 0 Å². The molecule has 2 aromatic rings. The van der Waals surface area contributed by atoms with Crippen LogP contribution in [0.25, 0.3) is 11.3 Å². The Balaban J connectivity index is 2.46. The Morgan fingerprint density at radius 3 is 2.79 bits per heavy atom. The predicted octanol–water partition coefficient (Wildman–Crippen LogP) is 2.28. The molecule has 0 radical (unpaired) electrons. The van der Waals surface area contributed by atoms with E-state index >= 15 is 0 Å². The molecule has 2 rings (SSSR count). The van der Waals surface area contributed by atoms with Gasteiger partial charge in [0.15, 0.2) is 0 Å². The minimum atomic E-state index is 0.573. The van der Waals surface area contributed by atoms with Gasteiger partial charge in [0.05, 0.1) is 7.11 Å². The van der Waals surface area contributed by atoms with E-state index < -0.39 is 0 Å². The number of nitrogens with zero attached hydrogens (tertiary/aromatic N) is 3. The molecule has 19 heavy (non-hydrogen) atoms. The van der Waals surface area contributed by atoms with E-state index in [1.165, 1.54) is 0 Å². The number of imidazole rings is 1. The quantitative estimate of drug-likeness (QED) is 0.836. The van der Waals surface area contributed by atoms with Crippen LogP contribution in [-0.2, 0) is 13.0 Å². The molecule has 0 aliphatic carbocycles. The summed E-state index contributed by atoms with van der Waals surface area (Å²) in [5, 5.41) is 0. The molecule has 0 aliphatic rings. The van der Waals surface area contributed by atoms with Crippen molar-refractivity contribution in [1.82, 2.24) is 14.5 Å². The number of anilines is 1. The van der Waals surface area contributed by atoms with Crippen LogP contribution in [-0.4, -0.2) is 21.6 Å². The third-order valence-corrected chi connectivity index (χ3v) is 2.93. The van der Waals surface area contributed by atoms with E-state index in [1.807, 2.05) is 16.7 Å². The van der Waals surface area contributed by atoms with Crippen molar-refractivity contribution in [2.24, 2.45) is 0 Å². The molecular formula is C14H18N4O. The van der Waals surface area contributed by atoms with Crippen molar-refractivity contribution in [2.45, 2.75) is 19.9 Å². The molecule has 0 fully saturated rings. The molecule has 0 spiro atoms. The molecule has 0 saturated heterocycles. The SMILES string of the molecule is C=CCn1c(CC)nc(-c2ccc(OC)nc2)c1N. The number of nitrogen functional groups attached to an aromatic ring is 1. The Morgan fingerprint density at radius 2 is 2.26 bits per heavy atom. The highest BCUT2D eigenvalue weighted by atomic mass is 16.5. The Labute approximate surface area is 112 Å². The molecule has 0 atom stereocenters. The maximum atomic E-state index is 6.16. The minimum absolute atomic E-state index is 0.573. The standard InChI is InChI=1S/C14H18N4O/c1-4-8-18-11(5-2)17-13(14(18)15)10-6-7-12(19-3)16-9-10/h4,6-7,9H,1,5,8,15H2,2-3H3. The van der Waals surface area contributed by atoms with Crippen LogP contribution in [0.3, 0.4) is 0 Å². The van der Waals surface area contributed by atoms with Crippen molar-refractivity contribution < 1.29 is 4.74 Å². The highest BCUT2D eigenvalue weighted by Crippen LogP contribution is 2.27. The fourth-order valence-electron chi connectivity index (χ4n) is 1.97. The van der Waals surface area contributed by atoms with Gasteiger partial charge in [-0.15, -0.1) is 6.58 Å². The summed E-state index contributed by atoms with van der Waals surface area (Å²) in [5.41, 5.74) is 7.81. The van der Waals surface area contributed by atoms with Crippen LogP contribution >= 0.6 is 0 Å². The van der Waals surface area contributed by atoms with Crippen LogP contribution in [0.4, 0.5) is 5.82 Å². The Kier molecular flexibility index (Phi) is 3.85. The van der Waals surface area contributed by atoms with E-state index in [1.54, 1.807) is 19.4 Å². The lowest BCUT2D eigenvalue weighted by molar-refractivity contribution is 0.398. The van der Waals surface area contributed by atoms with Gasteiger partial charge >= 0.3 is 0 Å². The number of rotatable bonds is 5. The van der Waals surface area contributed by atoms with Crippen molar-refractivity contribution in [1.29, 1.82) is 0 Å². The smallest absolute Gasteiger partial charge is 0.212 e. The Morgan fingerprint density at radius 1 is 1.47 bits per heavy atom. The largest absolute Gasteiger partial charge is 0.481 e. The fraction of sp³-hybridized carbons (Fsp3) is 0.286. The average Bonchev–Trinajstić information content (AvgIpc) is 2.76. The van der Waals surface area contributed by atoms with E-state index in [0.717, 1.165) is 23.5 Å². The van der Waals surface area contributed by atoms with Crippen LogP contribution in [0.5, 0.6) is 5.88 Å². The summed E-state index contributed by atoms with van der Waals surface area (Å²) in [6, 6.07) is 3.70. The van der Waals surface area contributed by atoms with Gasteiger partial charge in [0, 0.05) is 30.8 Å². The van der Waals surface area contributed by atoms with Crippen LogP contribution in [0.2, 0.25) is 0 Å². The lowest BCUT2D eigenvalue weighted by Gasteiger charge is -2.05.